The standard InChI is InChI=1S/C13H17NO5/c1-8-5-9(18-3)6-10(19-4)13(8)14(2)11(15)7-12(16)17/h5-6H,7H2,1-4H3,(H,16,17). The van der Waals surface area contributed by atoms with E-state index in [1.165, 1.54) is 26.2 Å². The van der Waals surface area contributed by atoms with Crippen molar-refractivity contribution in [1.29, 1.82) is 0 Å². The molecule has 0 aliphatic heterocycles. The zero-order valence-electron chi connectivity index (χ0n) is 11.4. The molecule has 0 aliphatic carbocycles. The summed E-state index contributed by atoms with van der Waals surface area (Å²) in [7, 11) is 4.53. The number of aryl methyl sites for hydroxylation is 1. The first-order valence-corrected chi connectivity index (χ1v) is 5.61. The van der Waals surface area contributed by atoms with Crippen LogP contribution in [0.5, 0.6) is 11.5 Å². The average molecular weight is 267 g/mol. The van der Waals surface area contributed by atoms with Crippen molar-refractivity contribution in [2.24, 2.45) is 0 Å². The van der Waals surface area contributed by atoms with Crippen molar-refractivity contribution in [3.8, 4) is 11.5 Å². The highest BCUT2D eigenvalue weighted by Crippen LogP contribution is 2.35. The smallest absolute Gasteiger partial charge is 0.312 e. The molecule has 104 valence electrons. The Morgan fingerprint density at radius 2 is 1.89 bits per heavy atom. The number of carboxylic acids is 1. The molecule has 1 amide bonds. The maximum atomic E-state index is 11.8. The molecule has 0 spiro atoms. The van der Waals surface area contributed by atoms with Crippen LogP contribution in [0.15, 0.2) is 12.1 Å². The SMILES string of the molecule is COc1cc(C)c(N(C)C(=O)CC(=O)O)c(OC)c1. The molecule has 1 N–H and O–H groups in total. The van der Waals surface area contributed by atoms with Crippen molar-refractivity contribution in [2.45, 2.75) is 13.3 Å². The van der Waals surface area contributed by atoms with Gasteiger partial charge in [-0.25, -0.2) is 0 Å². The summed E-state index contributed by atoms with van der Waals surface area (Å²) < 4.78 is 10.3. The summed E-state index contributed by atoms with van der Waals surface area (Å²) >= 11 is 0. The molecular weight excluding hydrogens is 250 g/mol. The first kappa shape index (κ1) is 14.8. The highest BCUT2D eigenvalue weighted by molar-refractivity contribution is 6.03. The van der Waals surface area contributed by atoms with Crippen molar-refractivity contribution in [3.05, 3.63) is 17.7 Å². The van der Waals surface area contributed by atoms with Crippen molar-refractivity contribution < 1.29 is 24.2 Å². The number of ether oxygens (including phenoxy) is 2. The van der Waals surface area contributed by atoms with Crippen LogP contribution < -0.4 is 14.4 Å². The molecule has 0 atom stereocenters. The van der Waals surface area contributed by atoms with Gasteiger partial charge in [0.25, 0.3) is 0 Å². The molecule has 0 aliphatic rings. The number of amides is 1. The summed E-state index contributed by atoms with van der Waals surface area (Å²) in [6.07, 6.45) is -0.564. The third-order valence-electron chi connectivity index (χ3n) is 2.71. The molecule has 6 nitrogen and oxygen atoms in total. The number of hydrogen-bond acceptors (Lipinski definition) is 4. The maximum Gasteiger partial charge on any atom is 0.312 e. The van der Waals surface area contributed by atoms with E-state index in [0.29, 0.717) is 17.2 Å². The van der Waals surface area contributed by atoms with Gasteiger partial charge in [0.15, 0.2) is 0 Å². The fourth-order valence-corrected chi connectivity index (χ4v) is 1.79. The summed E-state index contributed by atoms with van der Waals surface area (Å²) in [5.74, 6) is -0.615. The van der Waals surface area contributed by atoms with Crippen molar-refractivity contribution in [1.82, 2.24) is 0 Å². The number of rotatable bonds is 5. The van der Waals surface area contributed by atoms with Crippen LogP contribution in [0.1, 0.15) is 12.0 Å². The molecule has 0 heterocycles. The first-order chi connectivity index (χ1) is 8.90. The molecule has 0 saturated heterocycles. The van der Waals surface area contributed by atoms with Gasteiger partial charge < -0.3 is 19.5 Å². The van der Waals surface area contributed by atoms with E-state index in [1.807, 2.05) is 0 Å². The van der Waals surface area contributed by atoms with Gasteiger partial charge in [-0.3, -0.25) is 9.59 Å². The van der Waals surface area contributed by atoms with Gasteiger partial charge in [-0.15, -0.1) is 0 Å². The van der Waals surface area contributed by atoms with Crippen LogP contribution in [0, 0.1) is 6.92 Å². The van der Waals surface area contributed by atoms with Crippen LogP contribution >= 0.6 is 0 Å². The van der Waals surface area contributed by atoms with Crippen LogP contribution in [-0.4, -0.2) is 38.3 Å². The molecule has 6 heteroatoms. The Morgan fingerprint density at radius 3 is 2.37 bits per heavy atom. The molecule has 0 aromatic heterocycles. The summed E-state index contributed by atoms with van der Waals surface area (Å²) in [5.41, 5.74) is 1.30. The van der Waals surface area contributed by atoms with Gasteiger partial charge in [-0.1, -0.05) is 0 Å². The van der Waals surface area contributed by atoms with Gasteiger partial charge in [-0.05, 0) is 18.6 Å². The molecule has 19 heavy (non-hydrogen) atoms. The van der Waals surface area contributed by atoms with Crippen molar-refractivity contribution in [2.75, 3.05) is 26.2 Å². The predicted octanol–water partition coefficient (Wildman–Crippen LogP) is 1.45. The van der Waals surface area contributed by atoms with E-state index in [4.69, 9.17) is 14.6 Å². The van der Waals surface area contributed by atoms with Crippen LogP contribution in [0.25, 0.3) is 0 Å². The number of hydrogen-bond donors (Lipinski definition) is 1. The Labute approximate surface area is 111 Å². The van der Waals surface area contributed by atoms with Gasteiger partial charge in [0, 0.05) is 13.1 Å². The normalized spacial score (nSPS) is 9.89. The van der Waals surface area contributed by atoms with Gasteiger partial charge in [0.2, 0.25) is 5.91 Å². The molecule has 1 aromatic carbocycles. The minimum absolute atomic E-state index is 0.457. The van der Waals surface area contributed by atoms with Gasteiger partial charge in [0.1, 0.15) is 17.9 Å². The van der Waals surface area contributed by atoms with E-state index in [9.17, 15) is 9.59 Å². The maximum absolute atomic E-state index is 11.8. The van der Waals surface area contributed by atoms with Gasteiger partial charge in [-0.2, -0.15) is 0 Å². The Balaban J connectivity index is 3.18. The van der Waals surface area contributed by atoms with E-state index in [2.05, 4.69) is 0 Å². The number of carbonyl (C=O) groups excluding carboxylic acids is 1. The fraction of sp³-hybridized carbons (Fsp3) is 0.385. The van der Waals surface area contributed by atoms with Crippen LogP contribution in [-0.2, 0) is 9.59 Å². The summed E-state index contributed by atoms with van der Waals surface area (Å²) in [6.45, 7) is 1.80. The average Bonchev–Trinajstić information content (AvgIpc) is 2.35. The number of anilines is 1. The lowest BCUT2D eigenvalue weighted by molar-refractivity contribution is -0.140. The van der Waals surface area contributed by atoms with Crippen molar-refractivity contribution in [3.63, 3.8) is 0 Å². The van der Waals surface area contributed by atoms with E-state index in [1.54, 1.807) is 19.1 Å². The topological polar surface area (TPSA) is 76.1 Å². The molecular formula is C13H17NO5. The summed E-state index contributed by atoms with van der Waals surface area (Å²) in [5, 5.41) is 8.66. The number of methoxy groups -OCH3 is 2. The second kappa shape index (κ2) is 6.08. The Morgan fingerprint density at radius 1 is 1.26 bits per heavy atom. The third-order valence-corrected chi connectivity index (χ3v) is 2.71. The molecule has 0 bridgehead atoms. The third kappa shape index (κ3) is 3.37. The minimum atomic E-state index is -1.16. The Bertz CT molecular complexity index is 498. The highest BCUT2D eigenvalue weighted by Gasteiger charge is 2.20. The van der Waals surface area contributed by atoms with Crippen LogP contribution in [0.3, 0.4) is 0 Å². The Kier molecular flexibility index (Phi) is 4.74. The van der Waals surface area contributed by atoms with Crippen molar-refractivity contribution >= 4 is 17.6 Å². The van der Waals surface area contributed by atoms with Gasteiger partial charge >= 0.3 is 5.97 Å². The van der Waals surface area contributed by atoms with Gasteiger partial charge in [0.05, 0.1) is 19.9 Å². The van der Waals surface area contributed by atoms with E-state index >= 15 is 0 Å². The number of carboxylic acid groups (broad SMARTS) is 1. The Hall–Kier alpha value is -2.24. The lowest BCUT2D eigenvalue weighted by atomic mass is 10.1. The number of benzene rings is 1. The minimum Gasteiger partial charge on any atom is -0.497 e. The molecule has 1 aromatic rings. The molecule has 0 radical (unpaired) electrons. The first-order valence-electron chi connectivity index (χ1n) is 5.61. The lowest BCUT2D eigenvalue weighted by Gasteiger charge is -2.22. The monoisotopic (exact) mass is 267 g/mol. The lowest BCUT2D eigenvalue weighted by Crippen LogP contribution is -2.29. The number of aliphatic carboxylic acids is 1. The number of nitrogens with zero attached hydrogens (tertiary/aromatic N) is 1. The molecule has 1 rings (SSSR count). The highest BCUT2D eigenvalue weighted by atomic mass is 16.5. The molecule has 0 unspecified atom stereocenters. The van der Waals surface area contributed by atoms with Crippen LogP contribution in [0.4, 0.5) is 5.69 Å². The second-order valence-electron chi connectivity index (χ2n) is 4.02. The van der Waals surface area contributed by atoms with E-state index in [0.717, 1.165) is 5.56 Å². The zero-order chi connectivity index (χ0) is 14.6. The summed E-state index contributed by atoms with van der Waals surface area (Å²) in [4.78, 5) is 23.7. The zero-order valence-corrected chi connectivity index (χ0v) is 11.4. The van der Waals surface area contributed by atoms with E-state index in [-0.39, 0.29) is 0 Å². The molecule has 0 fully saturated rings. The predicted molar refractivity (Wildman–Crippen MR) is 69.9 cm³/mol. The quantitative estimate of drug-likeness (QED) is 0.817. The van der Waals surface area contributed by atoms with Crippen LogP contribution in [0.2, 0.25) is 0 Å². The fourth-order valence-electron chi connectivity index (χ4n) is 1.79. The molecule has 0 saturated carbocycles. The van der Waals surface area contributed by atoms with E-state index < -0.39 is 18.3 Å². The second-order valence-corrected chi connectivity index (χ2v) is 4.02. The largest absolute Gasteiger partial charge is 0.497 e. The summed E-state index contributed by atoms with van der Waals surface area (Å²) in [6, 6.07) is 3.40. The number of carbonyl (C=O) groups is 2.